The monoisotopic (exact) mass is 464 g/mol. The van der Waals surface area contributed by atoms with Crippen LogP contribution in [-0.4, -0.2) is 38.8 Å². The number of aliphatic hydroxyl groups is 1. The number of carbonyl (C=O) groups excluding carboxylic acids is 1. The number of rotatable bonds is 8. The first-order valence-electron chi connectivity index (χ1n) is 10.5. The van der Waals surface area contributed by atoms with Crippen LogP contribution in [0.2, 0.25) is 5.02 Å². The Kier molecular flexibility index (Phi) is 7.12. The molecule has 168 valence electrons. The fourth-order valence-electron chi connectivity index (χ4n) is 3.62. The molecule has 1 atom stereocenters. The van der Waals surface area contributed by atoms with Gasteiger partial charge >= 0.3 is 0 Å². The second-order valence-corrected chi connectivity index (χ2v) is 7.98. The smallest absolute Gasteiger partial charge is 0.252 e. The first-order valence-corrected chi connectivity index (χ1v) is 10.8. The molecule has 4 aromatic rings. The van der Waals surface area contributed by atoms with Crippen LogP contribution in [0.4, 0.5) is 4.39 Å². The lowest BCUT2D eigenvalue weighted by atomic mass is 10.0. The number of halogens is 2. The van der Waals surface area contributed by atoms with Crippen molar-refractivity contribution in [1.29, 1.82) is 0 Å². The van der Waals surface area contributed by atoms with Crippen LogP contribution in [0.5, 0.6) is 0 Å². The van der Waals surface area contributed by atoms with Crippen LogP contribution < -0.4 is 5.32 Å². The van der Waals surface area contributed by atoms with Crippen LogP contribution >= 0.6 is 11.6 Å². The van der Waals surface area contributed by atoms with Crippen molar-refractivity contribution in [2.45, 2.75) is 18.9 Å². The van der Waals surface area contributed by atoms with Crippen molar-refractivity contribution in [3.63, 3.8) is 0 Å². The van der Waals surface area contributed by atoms with Gasteiger partial charge in [-0.05, 0) is 48.9 Å². The van der Waals surface area contributed by atoms with Gasteiger partial charge in [-0.2, -0.15) is 5.10 Å². The highest BCUT2D eigenvalue weighted by molar-refractivity contribution is 6.30. The SMILES string of the molecule is O=C(N[C@@H](CCO)Cc1ccccn1)c1cccc(F)c1-c1cc(-c2ccc(Cl)cc2)n[nH]1. The number of hydrogen-bond acceptors (Lipinski definition) is 4. The summed E-state index contributed by atoms with van der Waals surface area (Å²) in [5.41, 5.74) is 2.88. The summed E-state index contributed by atoms with van der Waals surface area (Å²) < 4.78 is 14.9. The number of aliphatic hydroxyl groups excluding tert-OH is 1. The molecular formula is C25H22ClFN4O2. The van der Waals surface area contributed by atoms with Gasteiger partial charge < -0.3 is 10.4 Å². The number of H-pyrrole nitrogens is 1. The number of nitrogens with zero attached hydrogens (tertiary/aromatic N) is 2. The van der Waals surface area contributed by atoms with E-state index in [1.165, 1.54) is 12.1 Å². The summed E-state index contributed by atoms with van der Waals surface area (Å²) in [6.07, 6.45) is 2.47. The van der Waals surface area contributed by atoms with Gasteiger partial charge in [0, 0.05) is 47.1 Å². The lowest BCUT2D eigenvalue weighted by molar-refractivity contribution is 0.0930. The number of aromatic nitrogens is 3. The van der Waals surface area contributed by atoms with Gasteiger partial charge in [-0.3, -0.25) is 14.9 Å². The van der Waals surface area contributed by atoms with Crippen molar-refractivity contribution in [1.82, 2.24) is 20.5 Å². The average Bonchev–Trinajstić information content (AvgIpc) is 3.30. The fourth-order valence-corrected chi connectivity index (χ4v) is 3.75. The van der Waals surface area contributed by atoms with E-state index in [1.54, 1.807) is 30.5 Å². The van der Waals surface area contributed by atoms with E-state index in [0.29, 0.717) is 29.3 Å². The molecule has 0 aliphatic heterocycles. The van der Waals surface area contributed by atoms with E-state index in [9.17, 15) is 14.3 Å². The second-order valence-electron chi connectivity index (χ2n) is 7.54. The van der Waals surface area contributed by atoms with Crippen molar-refractivity contribution in [3.8, 4) is 22.5 Å². The van der Waals surface area contributed by atoms with E-state index >= 15 is 0 Å². The van der Waals surface area contributed by atoms with Gasteiger partial charge in [-0.1, -0.05) is 35.9 Å². The number of carbonyl (C=O) groups is 1. The van der Waals surface area contributed by atoms with Gasteiger partial charge in [0.25, 0.3) is 5.91 Å². The molecule has 8 heteroatoms. The molecule has 0 fully saturated rings. The number of nitrogens with one attached hydrogen (secondary N) is 2. The molecule has 0 saturated heterocycles. The maximum absolute atomic E-state index is 14.9. The topological polar surface area (TPSA) is 90.9 Å². The maximum Gasteiger partial charge on any atom is 0.252 e. The zero-order valence-corrected chi connectivity index (χ0v) is 18.4. The van der Waals surface area contributed by atoms with Crippen molar-refractivity contribution < 1.29 is 14.3 Å². The van der Waals surface area contributed by atoms with Crippen molar-refractivity contribution in [2.75, 3.05) is 6.61 Å². The number of amides is 1. The molecule has 2 aromatic carbocycles. The standard InChI is InChI=1S/C25H22ClFN4O2/c26-17-9-7-16(8-10-17)22-15-23(31-30-22)24-20(5-3-6-21(24)27)25(33)29-19(11-13-32)14-18-4-1-2-12-28-18/h1-10,12,15,19,32H,11,13-14H2,(H,29,33)(H,30,31)/t19-/m0/s1. The van der Waals surface area contributed by atoms with Crippen molar-refractivity contribution in [3.05, 3.63) is 95.0 Å². The van der Waals surface area contributed by atoms with Gasteiger partial charge in [0.05, 0.1) is 17.0 Å². The number of hydrogen-bond donors (Lipinski definition) is 3. The van der Waals surface area contributed by atoms with Crippen LogP contribution in [0, 0.1) is 5.82 Å². The number of pyridine rings is 1. The van der Waals surface area contributed by atoms with E-state index in [0.717, 1.165) is 11.3 Å². The summed E-state index contributed by atoms with van der Waals surface area (Å²) in [6.45, 7) is -0.0984. The highest BCUT2D eigenvalue weighted by Gasteiger charge is 2.21. The summed E-state index contributed by atoms with van der Waals surface area (Å²) in [6, 6.07) is 18.3. The molecule has 0 unspecified atom stereocenters. The Bertz CT molecular complexity index is 1230. The molecule has 6 nitrogen and oxygen atoms in total. The molecule has 0 aliphatic carbocycles. The van der Waals surface area contributed by atoms with E-state index in [4.69, 9.17) is 11.6 Å². The van der Waals surface area contributed by atoms with Gasteiger partial charge in [0.1, 0.15) is 5.82 Å². The lowest BCUT2D eigenvalue weighted by Crippen LogP contribution is -2.37. The van der Waals surface area contributed by atoms with Crippen molar-refractivity contribution in [2.24, 2.45) is 0 Å². The highest BCUT2D eigenvalue weighted by Crippen LogP contribution is 2.29. The zero-order chi connectivity index (χ0) is 23.2. The minimum Gasteiger partial charge on any atom is -0.396 e. The zero-order valence-electron chi connectivity index (χ0n) is 17.6. The summed E-state index contributed by atoms with van der Waals surface area (Å²) in [4.78, 5) is 17.4. The molecule has 2 heterocycles. The third-order valence-corrected chi connectivity index (χ3v) is 5.49. The maximum atomic E-state index is 14.9. The molecule has 33 heavy (non-hydrogen) atoms. The van der Waals surface area contributed by atoms with Crippen LogP contribution in [0.1, 0.15) is 22.5 Å². The third kappa shape index (κ3) is 5.45. The Morgan fingerprint density at radius 3 is 2.67 bits per heavy atom. The first kappa shape index (κ1) is 22.6. The van der Waals surface area contributed by atoms with Crippen LogP contribution in [0.15, 0.2) is 72.9 Å². The molecule has 3 N–H and O–H groups in total. The molecule has 2 aromatic heterocycles. The molecule has 1 amide bonds. The van der Waals surface area contributed by atoms with Gasteiger partial charge in [-0.15, -0.1) is 0 Å². The Morgan fingerprint density at radius 2 is 1.94 bits per heavy atom. The number of benzene rings is 2. The van der Waals surface area contributed by atoms with Gasteiger partial charge in [0.15, 0.2) is 0 Å². The van der Waals surface area contributed by atoms with E-state index in [-0.39, 0.29) is 23.8 Å². The Balaban J connectivity index is 1.61. The molecule has 4 rings (SSSR count). The molecule has 0 radical (unpaired) electrons. The number of aromatic amines is 1. The van der Waals surface area contributed by atoms with Crippen LogP contribution in [-0.2, 0) is 6.42 Å². The third-order valence-electron chi connectivity index (χ3n) is 5.24. The summed E-state index contributed by atoms with van der Waals surface area (Å²) >= 11 is 5.95. The lowest BCUT2D eigenvalue weighted by Gasteiger charge is -2.18. The summed E-state index contributed by atoms with van der Waals surface area (Å²) in [7, 11) is 0. The Labute approximate surface area is 195 Å². The quantitative estimate of drug-likeness (QED) is 0.354. The average molecular weight is 465 g/mol. The molecule has 0 bridgehead atoms. The first-order chi connectivity index (χ1) is 16.0. The molecule has 0 aliphatic rings. The van der Waals surface area contributed by atoms with Gasteiger partial charge in [-0.25, -0.2) is 4.39 Å². The summed E-state index contributed by atoms with van der Waals surface area (Å²) in [5, 5.41) is 20.1. The minimum absolute atomic E-state index is 0.0984. The summed E-state index contributed by atoms with van der Waals surface area (Å²) in [5.74, 6) is -0.987. The molecule has 0 spiro atoms. The van der Waals surface area contributed by atoms with E-state index in [2.05, 4.69) is 20.5 Å². The van der Waals surface area contributed by atoms with Crippen LogP contribution in [0.25, 0.3) is 22.5 Å². The molecule has 0 saturated carbocycles. The van der Waals surface area contributed by atoms with Gasteiger partial charge in [0.2, 0.25) is 0 Å². The normalized spacial score (nSPS) is 11.8. The van der Waals surface area contributed by atoms with E-state index < -0.39 is 11.7 Å². The largest absolute Gasteiger partial charge is 0.396 e. The Morgan fingerprint density at radius 1 is 1.12 bits per heavy atom. The van der Waals surface area contributed by atoms with E-state index in [1.807, 2.05) is 30.3 Å². The van der Waals surface area contributed by atoms with Crippen molar-refractivity contribution >= 4 is 17.5 Å². The fraction of sp³-hybridized carbons (Fsp3) is 0.160. The molecular weight excluding hydrogens is 443 g/mol. The minimum atomic E-state index is -0.544. The predicted octanol–water partition coefficient (Wildman–Crippen LogP) is 4.65. The second kappa shape index (κ2) is 10.4. The Hall–Kier alpha value is -3.55. The highest BCUT2D eigenvalue weighted by atomic mass is 35.5. The van der Waals surface area contributed by atoms with Crippen LogP contribution in [0.3, 0.4) is 0 Å². The predicted molar refractivity (Wildman–Crippen MR) is 125 cm³/mol.